The van der Waals surface area contributed by atoms with Gasteiger partial charge in [-0.25, -0.2) is 0 Å². The first-order valence-electron chi connectivity index (χ1n) is 6.53. The molecule has 100 valence electrons. The van der Waals surface area contributed by atoms with Crippen molar-refractivity contribution < 1.29 is 9.90 Å². The zero-order chi connectivity index (χ0) is 13.4. The molecule has 1 aromatic rings. The number of hydrogen-bond acceptors (Lipinski definition) is 2. The predicted octanol–water partition coefficient (Wildman–Crippen LogP) is 2.24. The smallest absolute Gasteiger partial charge is 0.230 e. The van der Waals surface area contributed by atoms with Gasteiger partial charge in [-0.15, -0.1) is 0 Å². The van der Waals surface area contributed by atoms with E-state index in [1.54, 1.807) is 0 Å². The summed E-state index contributed by atoms with van der Waals surface area (Å²) in [5.74, 6) is 0.0534. The van der Waals surface area contributed by atoms with Crippen LogP contribution in [0.4, 0.5) is 0 Å². The van der Waals surface area contributed by atoms with Gasteiger partial charge in [0.05, 0.1) is 5.41 Å². The molecule has 0 bridgehead atoms. The van der Waals surface area contributed by atoms with Crippen LogP contribution in [0.15, 0.2) is 30.3 Å². The first kappa shape index (κ1) is 14.7. The lowest BCUT2D eigenvalue weighted by molar-refractivity contribution is -0.125. The minimum absolute atomic E-state index is 0.0534. The zero-order valence-corrected chi connectivity index (χ0v) is 11.3. The maximum Gasteiger partial charge on any atom is 0.230 e. The van der Waals surface area contributed by atoms with Crippen molar-refractivity contribution in [2.75, 3.05) is 13.2 Å². The largest absolute Gasteiger partial charge is 0.396 e. The highest BCUT2D eigenvalue weighted by molar-refractivity contribution is 5.87. The summed E-state index contributed by atoms with van der Waals surface area (Å²) in [7, 11) is 0. The summed E-state index contributed by atoms with van der Waals surface area (Å²) in [5.41, 5.74) is 0.524. The van der Waals surface area contributed by atoms with Crippen LogP contribution in [0.1, 0.15) is 38.7 Å². The fourth-order valence-corrected chi connectivity index (χ4v) is 1.82. The summed E-state index contributed by atoms with van der Waals surface area (Å²) in [6, 6.07) is 9.81. The molecule has 3 heteroatoms. The normalized spacial score (nSPS) is 11.3. The number of amides is 1. The fourth-order valence-electron chi connectivity index (χ4n) is 1.82. The first-order chi connectivity index (χ1) is 8.59. The summed E-state index contributed by atoms with van der Waals surface area (Å²) in [6.45, 7) is 4.77. The van der Waals surface area contributed by atoms with Crippen molar-refractivity contribution in [3.05, 3.63) is 35.9 Å². The Bertz CT molecular complexity index is 360. The van der Waals surface area contributed by atoms with E-state index in [9.17, 15) is 4.79 Å². The fraction of sp³-hybridized carbons (Fsp3) is 0.533. The van der Waals surface area contributed by atoms with Gasteiger partial charge in [0.25, 0.3) is 0 Å². The number of rotatable bonds is 7. The summed E-state index contributed by atoms with van der Waals surface area (Å²) in [5, 5.41) is 11.6. The van der Waals surface area contributed by atoms with Crippen molar-refractivity contribution in [2.24, 2.45) is 0 Å². The molecule has 0 aliphatic carbocycles. The van der Waals surface area contributed by atoms with Gasteiger partial charge in [0.2, 0.25) is 5.91 Å². The Labute approximate surface area is 109 Å². The van der Waals surface area contributed by atoms with Gasteiger partial charge >= 0.3 is 0 Å². The van der Waals surface area contributed by atoms with E-state index in [4.69, 9.17) is 5.11 Å². The van der Waals surface area contributed by atoms with Gasteiger partial charge in [0.15, 0.2) is 0 Å². The molecule has 0 aliphatic rings. The molecule has 0 unspecified atom stereocenters. The molecule has 1 amide bonds. The molecule has 1 rings (SSSR count). The SMILES string of the molecule is CC(C)(C(=O)NCCCCCO)c1ccccc1. The molecule has 0 aliphatic heterocycles. The second-order valence-corrected chi connectivity index (χ2v) is 5.03. The summed E-state index contributed by atoms with van der Waals surface area (Å²) in [4.78, 5) is 12.1. The molecular weight excluding hydrogens is 226 g/mol. The summed E-state index contributed by atoms with van der Waals surface area (Å²) >= 11 is 0. The molecule has 2 N–H and O–H groups in total. The number of carbonyl (C=O) groups is 1. The van der Waals surface area contributed by atoms with Gasteiger partial charge in [-0.2, -0.15) is 0 Å². The number of aliphatic hydroxyl groups is 1. The van der Waals surface area contributed by atoms with Crippen LogP contribution in [-0.2, 0) is 10.2 Å². The number of nitrogens with one attached hydrogen (secondary N) is 1. The van der Waals surface area contributed by atoms with E-state index in [1.807, 2.05) is 44.2 Å². The lowest BCUT2D eigenvalue weighted by Gasteiger charge is -2.24. The highest BCUT2D eigenvalue weighted by atomic mass is 16.2. The van der Waals surface area contributed by atoms with Crippen molar-refractivity contribution in [3.63, 3.8) is 0 Å². The Hall–Kier alpha value is -1.35. The van der Waals surface area contributed by atoms with E-state index in [0.717, 1.165) is 24.8 Å². The second-order valence-electron chi connectivity index (χ2n) is 5.03. The number of benzene rings is 1. The van der Waals surface area contributed by atoms with E-state index >= 15 is 0 Å². The van der Waals surface area contributed by atoms with Crippen LogP contribution in [0, 0.1) is 0 Å². The summed E-state index contributed by atoms with van der Waals surface area (Å²) < 4.78 is 0. The monoisotopic (exact) mass is 249 g/mol. The van der Waals surface area contributed by atoms with Crippen LogP contribution in [0.3, 0.4) is 0 Å². The Balaban J connectivity index is 2.45. The van der Waals surface area contributed by atoms with E-state index < -0.39 is 5.41 Å². The van der Waals surface area contributed by atoms with E-state index in [-0.39, 0.29) is 12.5 Å². The average molecular weight is 249 g/mol. The third-order valence-corrected chi connectivity index (χ3v) is 3.18. The number of aliphatic hydroxyl groups excluding tert-OH is 1. The van der Waals surface area contributed by atoms with Gasteiger partial charge in [-0.1, -0.05) is 30.3 Å². The summed E-state index contributed by atoms with van der Waals surface area (Å²) in [6.07, 6.45) is 2.66. The Morgan fingerprint density at radius 2 is 1.83 bits per heavy atom. The molecule has 0 saturated carbocycles. The van der Waals surface area contributed by atoms with E-state index in [1.165, 1.54) is 0 Å². The zero-order valence-electron chi connectivity index (χ0n) is 11.3. The van der Waals surface area contributed by atoms with Crippen LogP contribution in [0.2, 0.25) is 0 Å². The molecule has 18 heavy (non-hydrogen) atoms. The Morgan fingerprint density at radius 1 is 1.17 bits per heavy atom. The van der Waals surface area contributed by atoms with E-state index in [0.29, 0.717) is 6.54 Å². The van der Waals surface area contributed by atoms with Crippen LogP contribution >= 0.6 is 0 Å². The van der Waals surface area contributed by atoms with Crippen LogP contribution in [0.5, 0.6) is 0 Å². The molecular formula is C15H23NO2. The average Bonchev–Trinajstić information content (AvgIpc) is 2.39. The molecule has 0 heterocycles. The minimum Gasteiger partial charge on any atom is -0.396 e. The van der Waals surface area contributed by atoms with Crippen molar-refractivity contribution in [2.45, 2.75) is 38.5 Å². The van der Waals surface area contributed by atoms with Gasteiger partial charge in [-0.3, -0.25) is 4.79 Å². The quantitative estimate of drug-likeness (QED) is 0.728. The lowest BCUT2D eigenvalue weighted by atomic mass is 9.84. The van der Waals surface area contributed by atoms with Gasteiger partial charge in [-0.05, 0) is 38.7 Å². The van der Waals surface area contributed by atoms with Gasteiger partial charge in [0.1, 0.15) is 0 Å². The maximum atomic E-state index is 12.1. The second kappa shape index (κ2) is 7.17. The third kappa shape index (κ3) is 4.15. The lowest BCUT2D eigenvalue weighted by Crippen LogP contribution is -2.40. The molecule has 0 saturated heterocycles. The number of unbranched alkanes of at least 4 members (excludes halogenated alkanes) is 2. The van der Waals surface area contributed by atoms with Gasteiger partial charge < -0.3 is 10.4 Å². The first-order valence-corrected chi connectivity index (χ1v) is 6.53. The van der Waals surface area contributed by atoms with Crippen molar-refractivity contribution >= 4 is 5.91 Å². The van der Waals surface area contributed by atoms with Crippen LogP contribution in [-0.4, -0.2) is 24.2 Å². The van der Waals surface area contributed by atoms with Crippen LogP contribution < -0.4 is 5.32 Å². The topological polar surface area (TPSA) is 49.3 Å². The van der Waals surface area contributed by atoms with Gasteiger partial charge in [0, 0.05) is 13.2 Å². The van der Waals surface area contributed by atoms with Crippen LogP contribution in [0.25, 0.3) is 0 Å². The predicted molar refractivity (Wildman–Crippen MR) is 73.4 cm³/mol. The van der Waals surface area contributed by atoms with E-state index in [2.05, 4.69) is 5.32 Å². The molecule has 0 radical (unpaired) electrons. The molecule has 3 nitrogen and oxygen atoms in total. The molecule has 0 spiro atoms. The molecule has 1 aromatic carbocycles. The highest BCUT2D eigenvalue weighted by Crippen LogP contribution is 2.22. The standard InChI is InChI=1S/C15H23NO2/c1-15(2,13-9-5-3-6-10-13)14(18)16-11-7-4-8-12-17/h3,5-6,9-10,17H,4,7-8,11-12H2,1-2H3,(H,16,18). The molecule has 0 atom stereocenters. The van der Waals surface area contributed by atoms with Crippen molar-refractivity contribution in [3.8, 4) is 0 Å². The molecule has 0 fully saturated rings. The molecule has 0 aromatic heterocycles. The number of carbonyl (C=O) groups excluding carboxylic acids is 1. The Morgan fingerprint density at radius 3 is 2.44 bits per heavy atom. The Kier molecular flexibility index (Phi) is 5.86. The third-order valence-electron chi connectivity index (χ3n) is 3.18. The number of hydrogen-bond donors (Lipinski definition) is 2. The minimum atomic E-state index is -0.502. The maximum absolute atomic E-state index is 12.1. The van der Waals surface area contributed by atoms with Crippen molar-refractivity contribution in [1.29, 1.82) is 0 Å². The highest BCUT2D eigenvalue weighted by Gasteiger charge is 2.28. The van der Waals surface area contributed by atoms with Crippen molar-refractivity contribution in [1.82, 2.24) is 5.32 Å².